The summed E-state index contributed by atoms with van der Waals surface area (Å²) in [6, 6.07) is 11.3. The number of H-pyrrole nitrogens is 1. The van der Waals surface area contributed by atoms with Crippen molar-refractivity contribution in [3.63, 3.8) is 0 Å². The van der Waals surface area contributed by atoms with Crippen LogP contribution < -0.4 is 10.3 Å². The van der Waals surface area contributed by atoms with E-state index in [4.69, 9.17) is 20.9 Å². The third kappa shape index (κ3) is 3.18. The van der Waals surface area contributed by atoms with Crippen molar-refractivity contribution < 1.29 is 9.26 Å². The molecule has 3 heterocycles. The van der Waals surface area contributed by atoms with Gasteiger partial charge in [-0.3, -0.25) is 9.20 Å². The molecule has 156 valence electrons. The monoisotopic (exact) mass is 434 g/mol. The van der Waals surface area contributed by atoms with E-state index in [1.807, 2.05) is 54.6 Å². The van der Waals surface area contributed by atoms with E-state index in [1.165, 1.54) is 0 Å². The second-order valence-corrected chi connectivity index (χ2v) is 7.86. The van der Waals surface area contributed by atoms with Crippen molar-refractivity contribution in [1.82, 2.24) is 19.5 Å². The van der Waals surface area contributed by atoms with Gasteiger partial charge in [0.1, 0.15) is 23.0 Å². The fourth-order valence-corrected chi connectivity index (χ4v) is 4.27. The van der Waals surface area contributed by atoms with Gasteiger partial charge in [0.15, 0.2) is 0 Å². The second-order valence-electron chi connectivity index (χ2n) is 7.42. The highest BCUT2D eigenvalue weighted by atomic mass is 35.5. The first-order valence-corrected chi connectivity index (χ1v) is 10.1. The van der Waals surface area contributed by atoms with Crippen LogP contribution in [0.3, 0.4) is 0 Å². The van der Waals surface area contributed by atoms with Crippen LogP contribution in [0.2, 0.25) is 5.02 Å². The Hall–Kier alpha value is -3.58. The summed E-state index contributed by atoms with van der Waals surface area (Å²) in [5, 5.41) is 5.23. The van der Waals surface area contributed by atoms with Gasteiger partial charge in [-0.2, -0.15) is 0 Å². The molecule has 0 atom stereocenters. The zero-order chi connectivity index (χ0) is 21.7. The minimum Gasteiger partial charge on any atom is -0.496 e. The summed E-state index contributed by atoms with van der Waals surface area (Å²) in [5.74, 6) is 2.07. The molecule has 0 saturated carbocycles. The number of fused-ring (bicyclic) bond motifs is 3. The van der Waals surface area contributed by atoms with E-state index in [1.54, 1.807) is 13.3 Å². The van der Waals surface area contributed by atoms with Gasteiger partial charge in [0, 0.05) is 23.1 Å². The third-order valence-corrected chi connectivity index (χ3v) is 5.67. The molecular formula is C23H19ClN4O3. The highest BCUT2D eigenvalue weighted by molar-refractivity contribution is 6.30. The quantitative estimate of drug-likeness (QED) is 0.443. The van der Waals surface area contributed by atoms with Crippen LogP contribution >= 0.6 is 11.6 Å². The van der Waals surface area contributed by atoms with Gasteiger partial charge >= 0.3 is 0 Å². The molecule has 2 aromatic carbocycles. The van der Waals surface area contributed by atoms with Crippen molar-refractivity contribution in [3.8, 4) is 16.9 Å². The fourth-order valence-electron chi connectivity index (χ4n) is 4.05. The number of nitrogens with zero attached hydrogens (tertiary/aromatic N) is 3. The Morgan fingerprint density at radius 2 is 2.06 bits per heavy atom. The van der Waals surface area contributed by atoms with Crippen LogP contribution in [-0.4, -0.2) is 26.6 Å². The number of hydrogen-bond donors (Lipinski definition) is 1. The molecule has 31 heavy (non-hydrogen) atoms. The lowest BCUT2D eigenvalue weighted by atomic mass is 10.0. The minimum atomic E-state index is -0.202. The summed E-state index contributed by atoms with van der Waals surface area (Å²) in [6.45, 7) is 3.70. The van der Waals surface area contributed by atoms with E-state index in [2.05, 4.69) is 15.1 Å². The van der Waals surface area contributed by atoms with Crippen molar-refractivity contribution in [1.29, 1.82) is 0 Å². The smallest absolute Gasteiger partial charge is 0.258 e. The summed E-state index contributed by atoms with van der Waals surface area (Å²) in [4.78, 5) is 20.4. The van der Waals surface area contributed by atoms with Crippen LogP contribution in [0.15, 0.2) is 51.9 Å². The first-order valence-electron chi connectivity index (χ1n) is 9.74. The Kier molecular flexibility index (Phi) is 4.55. The number of ether oxygens (including phenoxy) is 1. The average Bonchev–Trinajstić information content (AvgIpc) is 3.29. The van der Waals surface area contributed by atoms with Gasteiger partial charge in [-0.1, -0.05) is 28.9 Å². The lowest BCUT2D eigenvalue weighted by Gasteiger charge is -2.12. The molecule has 8 heteroatoms. The number of rotatable bonds is 4. The maximum absolute atomic E-state index is 12.9. The number of imidazole rings is 1. The number of aromatic nitrogens is 4. The Bertz CT molecular complexity index is 1490. The van der Waals surface area contributed by atoms with Gasteiger partial charge in [-0.15, -0.1) is 0 Å². The highest BCUT2D eigenvalue weighted by Crippen LogP contribution is 2.37. The predicted molar refractivity (Wildman–Crippen MR) is 119 cm³/mol. The molecule has 1 N–H and O–H groups in total. The maximum atomic E-state index is 12.9. The summed E-state index contributed by atoms with van der Waals surface area (Å²) >= 11 is 6.15. The predicted octanol–water partition coefficient (Wildman–Crippen LogP) is 4.70. The Morgan fingerprint density at radius 3 is 2.77 bits per heavy atom. The summed E-state index contributed by atoms with van der Waals surface area (Å²) in [5.41, 5.74) is 4.46. The summed E-state index contributed by atoms with van der Waals surface area (Å²) in [7, 11) is 1.61. The SMILES string of the molecule is COc1cc2c(cc1-c1c(C)noc1C)c(=O)[nH]c1cnc(Cc3cccc(Cl)c3)n12. The van der Waals surface area contributed by atoms with Crippen molar-refractivity contribution in [2.45, 2.75) is 20.3 Å². The van der Waals surface area contributed by atoms with E-state index in [9.17, 15) is 4.79 Å². The molecular weight excluding hydrogens is 416 g/mol. The lowest BCUT2D eigenvalue weighted by molar-refractivity contribution is 0.393. The average molecular weight is 435 g/mol. The zero-order valence-electron chi connectivity index (χ0n) is 17.2. The fraction of sp³-hybridized carbons (Fsp3) is 0.174. The standard InChI is InChI=1S/C23H19ClN4O3/c1-12-22(13(2)31-27-12)17-9-16-18(10-19(17)30-3)28-20(25-11-21(28)26-23(16)29)8-14-5-4-6-15(24)7-14/h4-7,9-11H,8H2,1-3H3,(H,26,29). The summed E-state index contributed by atoms with van der Waals surface area (Å²) < 4.78 is 13.0. The van der Waals surface area contributed by atoms with Gasteiger partial charge in [-0.05, 0) is 37.6 Å². The molecule has 0 unspecified atom stereocenters. The van der Waals surface area contributed by atoms with Gasteiger partial charge < -0.3 is 14.2 Å². The van der Waals surface area contributed by atoms with Crippen LogP contribution in [0, 0.1) is 13.8 Å². The van der Waals surface area contributed by atoms with Crippen molar-refractivity contribution in [2.24, 2.45) is 0 Å². The maximum Gasteiger partial charge on any atom is 0.258 e. The minimum absolute atomic E-state index is 0.202. The lowest BCUT2D eigenvalue weighted by Crippen LogP contribution is -2.11. The number of aryl methyl sites for hydroxylation is 2. The molecule has 0 fully saturated rings. The first kappa shape index (κ1) is 19.4. The van der Waals surface area contributed by atoms with E-state index in [0.29, 0.717) is 39.5 Å². The van der Waals surface area contributed by atoms with Gasteiger partial charge in [0.25, 0.3) is 5.56 Å². The number of aromatic amines is 1. The van der Waals surface area contributed by atoms with Gasteiger partial charge in [-0.25, -0.2) is 4.98 Å². The van der Waals surface area contributed by atoms with Crippen molar-refractivity contribution in [2.75, 3.05) is 7.11 Å². The van der Waals surface area contributed by atoms with E-state index in [0.717, 1.165) is 28.2 Å². The van der Waals surface area contributed by atoms with E-state index in [-0.39, 0.29) is 5.56 Å². The number of benzene rings is 2. The van der Waals surface area contributed by atoms with E-state index >= 15 is 0 Å². The summed E-state index contributed by atoms with van der Waals surface area (Å²) in [6.07, 6.45) is 2.22. The van der Waals surface area contributed by atoms with Crippen LogP contribution in [0.4, 0.5) is 0 Å². The molecule has 0 aliphatic rings. The molecule has 0 amide bonds. The van der Waals surface area contributed by atoms with Crippen LogP contribution in [0.5, 0.6) is 5.75 Å². The van der Waals surface area contributed by atoms with E-state index < -0.39 is 0 Å². The van der Waals surface area contributed by atoms with Gasteiger partial charge in [0.2, 0.25) is 0 Å². The first-order chi connectivity index (χ1) is 15.0. The Morgan fingerprint density at radius 1 is 1.23 bits per heavy atom. The number of nitrogens with one attached hydrogen (secondary N) is 1. The number of hydrogen-bond acceptors (Lipinski definition) is 5. The molecule has 0 radical (unpaired) electrons. The molecule has 7 nitrogen and oxygen atoms in total. The highest BCUT2D eigenvalue weighted by Gasteiger charge is 2.20. The topological polar surface area (TPSA) is 85.4 Å². The van der Waals surface area contributed by atoms with Gasteiger partial charge in [0.05, 0.1) is 35.5 Å². The Labute approximate surface area is 182 Å². The molecule has 5 rings (SSSR count). The molecule has 0 aliphatic heterocycles. The molecule has 3 aromatic heterocycles. The molecule has 0 spiro atoms. The Balaban J connectivity index is 1.78. The van der Waals surface area contributed by atoms with Crippen LogP contribution in [0.1, 0.15) is 22.8 Å². The van der Waals surface area contributed by atoms with Crippen LogP contribution in [-0.2, 0) is 6.42 Å². The number of halogens is 1. The number of methoxy groups -OCH3 is 1. The van der Waals surface area contributed by atoms with Crippen molar-refractivity contribution >= 4 is 28.2 Å². The van der Waals surface area contributed by atoms with Crippen molar-refractivity contribution in [3.05, 3.63) is 80.8 Å². The molecule has 0 aliphatic carbocycles. The molecule has 0 bridgehead atoms. The molecule has 5 aromatic rings. The van der Waals surface area contributed by atoms with Crippen LogP contribution in [0.25, 0.3) is 27.7 Å². The second kappa shape index (κ2) is 7.28. The normalized spacial score (nSPS) is 11.5. The third-order valence-electron chi connectivity index (χ3n) is 5.43. The molecule has 0 saturated heterocycles. The largest absolute Gasteiger partial charge is 0.496 e. The zero-order valence-corrected chi connectivity index (χ0v) is 17.9.